The van der Waals surface area contributed by atoms with Crippen molar-refractivity contribution in [3.63, 3.8) is 0 Å². The minimum Gasteiger partial charge on any atom is -0.490 e. The van der Waals surface area contributed by atoms with Crippen molar-refractivity contribution in [2.24, 2.45) is 0 Å². The van der Waals surface area contributed by atoms with E-state index < -0.39 is 0 Å². The third kappa shape index (κ3) is 4.50. The maximum Gasteiger partial charge on any atom is 0.165 e. The number of ether oxygens (including phenoxy) is 1. The van der Waals surface area contributed by atoms with Gasteiger partial charge in [-0.1, -0.05) is 26.7 Å². The van der Waals surface area contributed by atoms with Gasteiger partial charge < -0.3 is 9.64 Å². The smallest absolute Gasteiger partial charge is 0.165 e. The minimum atomic E-state index is -0.214. The van der Waals surface area contributed by atoms with Gasteiger partial charge in [-0.15, -0.1) is 12.4 Å². The van der Waals surface area contributed by atoms with Crippen LogP contribution in [0.5, 0.6) is 5.75 Å². The Morgan fingerprint density at radius 2 is 1.95 bits per heavy atom. The number of fused-ring (bicyclic) bond motifs is 1. The summed E-state index contributed by atoms with van der Waals surface area (Å²) in [5.74, 6) is 0.277. The van der Waals surface area contributed by atoms with E-state index in [9.17, 15) is 4.39 Å². The summed E-state index contributed by atoms with van der Waals surface area (Å²) in [5.41, 5.74) is 2.25. The molecule has 2 rings (SSSR count). The van der Waals surface area contributed by atoms with Gasteiger partial charge in [-0.2, -0.15) is 0 Å². The normalized spacial score (nSPS) is 13.1. The standard InChI is InChI=1S/C17H26FNO.ClH/c1-3-5-6-12-19(11-4-2)16-10-9-15(18)17-14(16)8-7-13-20-17;/h9-10H,3-8,11-13H2,1-2H3;1H. The van der Waals surface area contributed by atoms with Gasteiger partial charge in [0.1, 0.15) is 0 Å². The molecule has 0 fully saturated rings. The molecule has 0 aliphatic carbocycles. The summed E-state index contributed by atoms with van der Waals surface area (Å²) >= 11 is 0. The van der Waals surface area contributed by atoms with Crippen molar-refractivity contribution in [2.45, 2.75) is 52.4 Å². The van der Waals surface area contributed by atoms with Crippen LogP contribution in [0.3, 0.4) is 0 Å². The van der Waals surface area contributed by atoms with Crippen LogP contribution in [0.1, 0.15) is 51.5 Å². The Hall–Kier alpha value is -0.960. The van der Waals surface area contributed by atoms with E-state index >= 15 is 0 Å². The number of unbranched alkanes of at least 4 members (excludes halogenated alkanes) is 2. The average Bonchev–Trinajstić information content (AvgIpc) is 2.48. The molecule has 0 bridgehead atoms. The fourth-order valence-electron chi connectivity index (χ4n) is 2.88. The molecule has 1 aromatic rings. The molecule has 0 spiro atoms. The highest BCUT2D eigenvalue weighted by Gasteiger charge is 2.21. The van der Waals surface area contributed by atoms with Crippen LogP contribution in [0.2, 0.25) is 0 Å². The van der Waals surface area contributed by atoms with Gasteiger partial charge in [0.05, 0.1) is 6.61 Å². The van der Waals surface area contributed by atoms with E-state index in [1.807, 2.05) is 6.07 Å². The molecule has 4 heteroatoms. The fourth-order valence-corrected chi connectivity index (χ4v) is 2.88. The van der Waals surface area contributed by atoms with Gasteiger partial charge in [-0.05, 0) is 37.8 Å². The third-order valence-electron chi connectivity index (χ3n) is 3.87. The molecule has 0 aromatic heterocycles. The molecule has 0 N–H and O–H groups in total. The lowest BCUT2D eigenvalue weighted by Gasteiger charge is -2.30. The lowest BCUT2D eigenvalue weighted by atomic mass is 10.0. The molecule has 120 valence electrons. The zero-order valence-electron chi connectivity index (χ0n) is 13.2. The SMILES string of the molecule is CCCCCN(CCC)c1ccc(F)c2c1CCCO2.Cl. The maximum absolute atomic E-state index is 13.9. The molecular weight excluding hydrogens is 289 g/mol. The minimum absolute atomic E-state index is 0. The summed E-state index contributed by atoms with van der Waals surface area (Å²) in [6.07, 6.45) is 6.70. The monoisotopic (exact) mass is 315 g/mol. The van der Waals surface area contributed by atoms with Crippen LogP contribution in [0.4, 0.5) is 10.1 Å². The van der Waals surface area contributed by atoms with Crippen LogP contribution >= 0.6 is 12.4 Å². The first kappa shape index (κ1) is 18.1. The van der Waals surface area contributed by atoms with Crippen LogP contribution in [-0.2, 0) is 6.42 Å². The molecule has 0 atom stereocenters. The first-order valence-corrected chi connectivity index (χ1v) is 7.97. The summed E-state index contributed by atoms with van der Waals surface area (Å²) in [6.45, 7) is 7.13. The van der Waals surface area contributed by atoms with E-state index in [4.69, 9.17) is 4.74 Å². The van der Waals surface area contributed by atoms with Crippen molar-refractivity contribution in [3.05, 3.63) is 23.5 Å². The number of anilines is 1. The molecule has 0 saturated carbocycles. The quantitative estimate of drug-likeness (QED) is 0.658. The molecule has 0 amide bonds. The van der Waals surface area contributed by atoms with Gasteiger partial charge in [0.25, 0.3) is 0 Å². The summed E-state index contributed by atoms with van der Waals surface area (Å²) < 4.78 is 19.4. The van der Waals surface area contributed by atoms with Crippen molar-refractivity contribution in [1.82, 2.24) is 0 Å². The Balaban J connectivity index is 0.00000220. The van der Waals surface area contributed by atoms with Gasteiger partial charge in [-0.25, -0.2) is 4.39 Å². The van der Waals surface area contributed by atoms with E-state index in [0.29, 0.717) is 12.4 Å². The zero-order valence-corrected chi connectivity index (χ0v) is 14.0. The Bertz CT molecular complexity index is 439. The first-order chi connectivity index (χ1) is 9.77. The van der Waals surface area contributed by atoms with Crippen LogP contribution in [0, 0.1) is 5.82 Å². The van der Waals surface area contributed by atoms with Gasteiger partial charge in [0, 0.05) is 24.3 Å². The van der Waals surface area contributed by atoms with Gasteiger partial charge in [0.15, 0.2) is 11.6 Å². The molecule has 1 aromatic carbocycles. The van der Waals surface area contributed by atoms with E-state index in [0.717, 1.165) is 37.9 Å². The van der Waals surface area contributed by atoms with Gasteiger partial charge in [0.2, 0.25) is 0 Å². The Labute approximate surface area is 134 Å². The highest BCUT2D eigenvalue weighted by Crippen LogP contribution is 2.36. The number of hydrogen-bond donors (Lipinski definition) is 0. The lowest BCUT2D eigenvalue weighted by molar-refractivity contribution is 0.273. The second-order valence-electron chi connectivity index (χ2n) is 5.52. The molecule has 2 nitrogen and oxygen atoms in total. The average molecular weight is 316 g/mol. The highest BCUT2D eigenvalue weighted by molar-refractivity contribution is 5.85. The number of rotatable bonds is 7. The zero-order chi connectivity index (χ0) is 14.4. The van der Waals surface area contributed by atoms with Gasteiger partial charge >= 0.3 is 0 Å². The third-order valence-corrected chi connectivity index (χ3v) is 3.87. The van der Waals surface area contributed by atoms with Crippen molar-refractivity contribution < 1.29 is 9.13 Å². The van der Waals surface area contributed by atoms with Crippen LogP contribution in [0.25, 0.3) is 0 Å². The molecule has 1 heterocycles. The predicted molar refractivity (Wildman–Crippen MR) is 89.5 cm³/mol. The number of benzene rings is 1. The van der Waals surface area contributed by atoms with Crippen molar-refractivity contribution >= 4 is 18.1 Å². The first-order valence-electron chi connectivity index (χ1n) is 7.97. The van der Waals surface area contributed by atoms with E-state index in [1.165, 1.54) is 24.9 Å². The fraction of sp³-hybridized carbons (Fsp3) is 0.647. The molecule has 1 aliphatic rings. The van der Waals surface area contributed by atoms with Crippen LogP contribution in [0.15, 0.2) is 12.1 Å². The topological polar surface area (TPSA) is 12.5 Å². The molecule has 1 aliphatic heterocycles. The molecule has 21 heavy (non-hydrogen) atoms. The summed E-state index contributed by atoms with van der Waals surface area (Å²) in [5, 5.41) is 0. The predicted octanol–water partition coefficient (Wildman–Crippen LogP) is 4.98. The molecule has 0 radical (unpaired) electrons. The summed E-state index contributed by atoms with van der Waals surface area (Å²) in [7, 11) is 0. The Morgan fingerprint density at radius 3 is 2.67 bits per heavy atom. The Morgan fingerprint density at radius 1 is 1.14 bits per heavy atom. The number of halogens is 2. The maximum atomic E-state index is 13.9. The van der Waals surface area contributed by atoms with Crippen LogP contribution < -0.4 is 9.64 Å². The molecule has 0 saturated heterocycles. The highest BCUT2D eigenvalue weighted by atomic mass is 35.5. The Kier molecular flexibility index (Phi) is 7.87. The van der Waals surface area contributed by atoms with Gasteiger partial charge in [-0.3, -0.25) is 0 Å². The van der Waals surface area contributed by atoms with E-state index in [1.54, 1.807) is 6.07 Å². The summed E-state index contributed by atoms with van der Waals surface area (Å²) in [6, 6.07) is 3.49. The largest absolute Gasteiger partial charge is 0.490 e. The van der Waals surface area contributed by atoms with E-state index in [2.05, 4.69) is 18.7 Å². The summed E-state index contributed by atoms with van der Waals surface area (Å²) in [4.78, 5) is 2.41. The van der Waals surface area contributed by atoms with Crippen molar-refractivity contribution in [3.8, 4) is 5.75 Å². The number of nitrogens with zero attached hydrogens (tertiary/aromatic N) is 1. The number of hydrogen-bond acceptors (Lipinski definition) is 2. The van der Waals surface area contributed by atoms with Crippen molar-refractivity contribution in [2.75, 3.05) is 24.6 Å². The lowest BCUT2D eigenvalue weighted by Crippen LogP contribution is -2.27. The van der Waals surface area contributed by atoms with Crippen molar-refractivity contribution in [1.29, 1.82) is 0 Å². The second kappa shape index (κ2) is 9.14. The molecular formula is C17H27ClFNO. The second-order valence-corrected chi connectivity index (χ2v) is 5.52. The van der Waals surface area contributed by atoms with E-state index in [-0.39, 0.29) is 18.2 Å². The van der Waals surface area contributed by atoms with Crippen LogP contribution in [-0.4, -0.2) is 19.7 Å². The molecule has 0 unspecified atom stereocenters.